The summed E-state index contributed by atoms with van der Waals surface area (Å²) in [6.45, 7) is 7.63. The second-order valence-corrected chi connectivity index (χ2v) is 13.5. The molecule has 1 aliphatic heterocycles. The monoisotopic (exact) mass is 634 g/mol. The number of nitrogens with one attached hydrogen (secondary N) is 1. The zero-order valence-corrected chi connectivity index (χ0v) is 26.5. The van der Waals surface area contributed by atoms with E-state index in [0.717, 1.165) is 16.7 Å². The van der Waals surface area contributed by atoms with Gasteiger partial charge in [0.15, 0.2) is 10.7 Å². The number of carbonyl (C=O) groups excluding carboxylic acids is 2. The van der Waals surface area contributed by atoms with E-state index in [4.69, 9.17) is 15.2 Å². The highest BCUT2D eigenvalue weighted by atomic mass is 32.2. The second kappa shape index (κ2) is 12.8. The van der Waals surface area contributed by atoms with Gasteiger partial charge in [-0.3, -0.25) is 10.2 Å². The fraction of sp³-hybridized carbons (Fsp3) is 0.281. The molecule has 0 aliphatic carbocycles. The number of anilines is 2. The predicted octanol–water partition coefficient (Wildman–Crippen LogP) is 6.38. The van der Waals surface area contributed by atoms with E-state index >= 15 is 0 Å². The molecule has 5 rings (SSSR count). The van der Waals surface area contributed by atoms with Crippen LogP contribution in [0.2, 0.25) is 0 Å². The van der Waals surface area contributed by atoms with Crippen LogP contribution < -0.4 is 16.0 Å². The summed E-state index contributed by atoms with van der Waals surface area (Å²) in [6, 6.07) is 19.8. The van der Waals surface area contributed by atoms with Gasteiger partial charge in [0, 0.05) is 34.2 Å². The number of ether oxygens (including phenoxy) is 2. The first-order chi connectivity index (χ1) is 20.9. The Bertz CT molecular complexity index is 1750. The van der Waals surface area contributed by atoms with Crippen molar-refractivity contribution in [2.45, 2.75) is 56.8 Å². The molecule has 3 N–H and O–H groups in total. The molecule has 1 aliphatic rings. The van der Waals surface area contributed by atoms with Gasteiger partial charge in [0.25, 0.3) is 0 Å². The van der Waals surface area contributed by atoms with E-state index in [9.17, 15) is 18.0 Å². The first-order valence-corrected chi connectivity index (χ1v) is 16.0. The standard InChI is InChI=1S/C32H34N4O6S2/c1-19(2)41-30(37)35-22-10-12-24(21(14-22)16-32(3,4)33)29-34-17-27(43-29)25-13-11-23(15-28(25)44(39)40)36-18-26(42-31(36)38)20-8-6-5-7-9-20/h5-15,17,19,26,44H,16,18,33H2,1-4H3,(H,35,37). The SMILES string of the molecule is CC(C)OC(=O)Nc1ccc(-c2ncc(-c3ccc(N4CC(c5ccccc5)OC4=O)cc3[SH](=O)=O)s2)c(CC(C)(C)N)c1. The predicted molar refractivity (Wildman–Crippen MR) is 172 cm³/mol. The second-order valence-electron chi connectivity index (χ2n) is 11.5. The lowest BCUT2D eigenvalue weighted by Gasteiger charge is -2.21. The summed E-state index contributed by atoms with van der Waals surface area (Å²) in [7, 11) is -3.00. The molecule has 0 spiro atoms. The van der Waals surface area contributed by atoms with Gasteiger partial charge in [0.05, 0.1) is 22.4 Å². The van der Waals surface area contributed by atoms with E-state index < -0.39 is 34.5 Å². The number of thiazole rings is 1. The Balaban J connectivity index is 1.44. The van der Waals surface area contributed by atoms with Gasteiger partial charge >= 0.3 is 12.2 Å². The number of hydrogen-bond acceptors (Lipinski definition) is 9. The van der Waals surface area contributed by atoms with Gasteiger partial charge in [-0.1, -0.05) is 36.4 Å². The van der Waals surface area contributed by atoms with Crippen molar-refractivity contribution < 1.29 is 27.5 Å². The van der Waals surface area contributed by atoms with Gasteiger partial charge < -0.3 is 15.2 Å². The van der Waals surface area contributed by atoms with Crippen LogP contribution in [-0.2, 0) is 26.6 Å². The number of aromatic nitrogens is 1. The molecule has 3 aromatic carbocycles. The summed E-state index contributed by atoms with van der Waals surface area (Å²) in [5.74, 6) is 0. The number of rotatable bonds is 9. The molecule has 12 heteroatoms. The minimum Gasteiger partial charge on any atom is -0.447 e. The van der Waals surface area contributed by atoms with Gasteiger partial charge in [-0.05, 0) is 75.6 Å². The van der Waals surface area contributed by atoms with Crippen molar-refractivity contribution in [3.63, 3.8) is 0 Å². The fourth-order valence-corrected chi connectivity index (χ4v) is 6.69. The van der Waals surface area contributed by atoms with Crippen molar-refractivity contribution in [2.75, 3.05) is 16.8 Å². The number of thiol groups is 1. The lowest BCUT2D eigenvalue weighted by molar-refractivity contribution is 0.130. The van der Waals surface area contributed by atoms with Crippen LogP contribution in [0.15, 0.2) is 77.8 Å². The first-order valence-electron chi connectivity index (χ1n) is 14.1. The Labute approximate surface area is 261 Å². The van der Waals surface area contributed by atoms with E-state index in [1.807, 2.05) is 56.3 Å². The molecule has 230 valence electrons. The summed E-state index contributed by atoms with van der Waals surface area (Å²) in [5.41, 5.74) is 9.84. The molecule has 1 fully saturated rings. The molecule has 0 radical (unpaired) electrons. The maximum atomic E-state index is 12.7. The summed E-state index contributed by atoms with van der Waals surface area (Å²) >= 11 is 1.34. The zero-order valence-electron chi connectivity index (χ0n) is 24.8. The average molecular weight is 635 g/mol. The molecule has 10 nitrogen and oxygen atoms in total. The molecular formula is C32H34N4O6S2. The summed E-state index contributed by atoms with van der Waals surface area (Å²) < 4.78 is 35.6. The summed E-state index contributed by atoms with van der Waals surface area (Å²) in [6.07, 6.45) is 0.327. The van der Waals surface area contributed by atoms with E-state index in [2.05, 4.69) is 10.3 Å². The largest absolute Gasteiger partial charge is 0.447 e. The summed E-state index contributed by atoms with van der Waals surface area (Å²) in [5, 5.41) is 3.42. The van der Waals surface area contributed by atoms with Gasteiger partial charge in [-0.15, -0.1) is 11.3 Å². The number of hydrogen-bond donors (Lipinski definition) is 3. The van der Waals surface area contributed by atoms with Crippen molar-refractivity contribution in [1.82, 2.24) is 4.98 Å². The van der Waals surface area contributed by atoms with Gasteiger partial charge in [-0.2, -0.15) is 0 Å². The number of benzene rings is 3. The molecule has 4 aromatic rings. The topological polar surface area (TPSA) is 141 Å². The lowest BCUT2D eigenvalue weighted by atomic mass is 9.92. The van der Waals surface area contributed by atoms with E-state index in [1.165, 1.54) is 22.3 Å². The van der Waals surface area contributed by atoms with Crippen LogP contribution in [0.25, 0.3) is 21.0 Å². The van der Waals surface area contributed by atoms with E-state index in [0.29, 0.717) is 33.2 Å². The number of amides is 2. The van der Waals surface area contributed by atoms with Crippen molar-refractivity contribution in [3.8, 4) is 21.0 Å². The fourth-order valence-electron chi connectivity index (χ4n) is 4.96. The molecule has 44 heavy (non-hydrogen) atoms. The van der Waals surface area contributed by atoms with Gasteiger partial charge in [0.2, 0.25) is 0 Å². The van der Waals surface area contributed by atoms with Crippen molar-refractivity contribution in [3.05, 3.63) is 84.1 Å². The minimum absolute atomic E-state index is 0.0789. The number of nitrogens with two attached hydrogens (primary N) is 1. The molecule has 2 amide bonds. The van der Waals surface area contributed by atoms with Crippen molar-refractivity contribution in [2.24, 2.45) is 5.73 Å². The third-order valence-electron chi connectivity index (χ3n) is 6.81. The molecule has 2 heterocycles. The summed E-state index contributed by atoms with van der Waals surface area (Å²) in [4.78, 5) is 31.7. The number of carbonyl (C=O) groups is 2. The Morgan fingerprint density at radius 1 is 1.14 bits per heavy atom. The smallest absolute Gasteiger partial charge is 0.415 e. The normalized spacial score (nSPS) is 15.1. The average Bonchev–Trinajstić information content (AvgIpc) is 3.59. The van der Waals surface area contributed by atoms with E-state index in [1.54, 1.807) is 38.2 Å². The third-order valence-corrected chi connectivity index (χ3v) is 8.64. The first kappa shape index (κ1) is 31.2. The highest BCUT2D eigenvalue weighted by molar-refractivity contribution is 7.72. The quantitative estimate of drug-likeness (QED) is 0.180. The maximum absolute atomic E-state index is 12.7. The van der Waals surface area contributed by atoms with Crippen LogP contribution >= 0.6 is 11.3 Å². The van der Waals surface area contributed by atoms with Crippen LogP contribution in [0.1, 0.15) is 44.9 Å². The number of nitrogens with zero attached hydrogens (tertiary/aromatic N) is 2. The molecule has 0 bridgehead atoms. The van der Waals surface area contributed by atoms with Gasteiger partial charge in [-0.25, -0.2) is 23.0 Å². The molecule has 1 unspecified atom stereocenters. The maximum Gasteiger partial charge on any atom is 0.415 e. The highest BCUT2D eigenvalue weighted by Crippen LogP contribution is 2.39. The van der Waals surface area contributed by atoms with Crippen LogP contribution in [-0.4, -0.2) is 43.8 Å². The molecule has 0 saturated carbocycles. The Kier molecular flexibility index (Phi) is 9.05. The zero-order chi connectivity index (χ0) is 31.6. The Morgan fingerprint density at radius 2 is 1.86 bits per heavy atom. The number of cyclic esters (lactones) is 1. The van der Waals surface area contributed by atoms with Crippen LogP contribution in [0.4, 0.5) is 21.0 Å². The van der Waals surface area contributed by atoms with E-state index in [-0.39, 0.29) is 17.5 Å². The van der Waals surface area contributed by atoms with Crippen molar-refractivity contribution >= 4 is 45.6 Å². The van der Waals surface area contributed by atoms with Crippen LogP contribution in [0.3, 0.4) is 0 Å². The van der Waals surface area contributed by atoms with Crippen LogP contribution in [0, 0.1) is 0 Å². The van der Waals surface area contributed by atoms with Gasteiger partial charge in [0.1, 0.15) is 11.1 Å². The molecule has 1 atom stereocenters. The van der Waals surface area contributed by atoms with Crippen LogP contribution in [0.5, 0.6) is 0 Å². The Hall–Kier alpha value is -4.26. The Morgan fingerprint density at radius 3 is 2.55 bits per heavy atom. The lowest BCUT2D eigenvalue weighted by Crippen LogP contribution is -2.34. The third kappa shape index (κ3) is 7.26. The molecular weight excluding hydrogens is 601 g/mol. The molecule has 1 saturated heterocycles. The highest BCUT2D eigenvalue weighted by Gasteiger charge is 2.34. The minimum atomic E-state index is -3.00. The van der Waals surface area contributed by atoms with Crippen molar-refractivity contribution in [1.29, 1.82) is 0 Å². The molecule has 1 aromatic heterocycles.